The predicted molar refractivity (Wildman–Crippen MR) is 101 cm³/mol. The van der Waals surface area contributed by atoms with Gasteiger partial charge in [0.25, 0.3) is 5.56 Å². The summed E-state index contributed by atoms with van der Waals surface area (Å²) in [6, 6.07) is 9.54. The van der Waals surface area contributed by atoms with E-state index in [1.807, 2.05) is 31.1 Å². The maximum absolute atomic E-state index is 13.2. The molecule has 2 N–H and O–H groups in total. The number of H-pyrrole nitrogens is 1. The summed E-state index contributed by atoms with van der Waals surface area (Å²) in [7, 11) is 3.83. The molecule has 0 saturated heterocycles. The number of likely N-dealkylation sites (N-methyl/N-ethyl adjacent to an activating group) is 1. The van der Waals surface area contributed by atoms with Gasteiger partial charge in [-0.1, -0.05) is 0 Å². The Morgan fingerprint density at radius 3 is 2.81 bits per heavy atom. The first-order valence-electron chi connectivity index (χ1n) is 8.72. The molecule has 142 valence electrons. The Morgan fingerprint density at radius 1 is 1.30 bits per heavy atom. The van der Waals surface area contributed by atoms with Gasteiger partial charge in [-0.25, -0.2) is 4.39 Å². The summed E-state index contributed by atoms with van der Waals surface area (Å²) in [5, 5.41) is 3.62. The zero-order valence-electron chi connectivity index (χ0n) is 15.3. The van der Waals surface area contributed by atoms with Crippen LogP contribution in [0.2, 0.25) is 0 Å². The number of carbonyl (C=O) groups is 1. The second kappa shape index (κ2) is 8.18. The minimum atomic E-state index is -0.405. The van der Waals surface area contributed by atoms with Crippen LogP contribution < -0.4 is 10.9 Å². The van der Waals surface area contributed by atoms with E-state index in [1.165, 1.54) is 12.1 Å². The number of carbonyl (C=O) groups excluding carboxylic acids is 1. The van der Waals surface area contributed by atoms with Gasteiger partial charge >= 0.3 is 0 Å². The van der Waals surface area contributed by atoms with E-state index in [4.69, 9.17) is 4.42 Å². The second-order valence-corrected chi connectivity index (χ2v) is 6.65. The van der Waals surface area contributed by atoms with Crippen molar-refractivity contribution in [3.8, 4) is 0 Å². The summed E-state index contributed by atoms with van der Waals surface area (Å²) in [6.07, 6.45) is 2.10. The van der Waals surface area contributed by atoms with Crippen molar-refractivity contribution >= 4 is 16.8 Å². The number of nitrogens with one attached hydrogen (secondary N) is 2. The number of aryl methyl sites for hydroxylation is 1. The van der Waals surface area contributed by atoms with E-state index in [2.05, 4.69) is 10.3 Å². The van der Waals surface area contributed by atoms with Crippen LogP contribution in [-0.4, -0.2) is 36.4 Å². The molecular formula is C20H22FN3O3. The van der Waals surface area contributed by atoms with E-state index in [0.29, 0.717) is 24.0 Å². The van der Waals surface area contributed by atoms with Gasteiger partial charge in [0.05, 0.1) is 17.8 Å². The Labute approximate surface area is 156 Å². The van der Waals surface area contributed by atoms with Gasteiger partial charge < -0.3 is 14.7 Å². The lowest BCUT2D eigenvalue weighted by Crippen LogP contribution is -2.34. The largest absolute Gasteiger partial charge is 0.468 e. The van der Waals surface area contributed by atoms with Gasteiger partial charge in [0.2, 0.25) is 5.91 Å². The van der Waals surface area contributed by atoms with Crippen molar-refractivity contribution in [2.24, 2.45) is 0 Å². The van der Waals surface area contributed by atoms with Crippen molar-refractivity contribution in [2.45, 2.75) is 18.9 Å². The van der Waals surface area contributed by atoms with Crippen LogP contribution in [0.4, 0.5) is 4.39 Å². The number of aromatic nitrogens is 1. The summed E-state index contributed by atoms with van der Waals surface area (Å²) in [5.41, 5.74) is 0.641. The number of hydrogen-bond acceptors (Lipinski definition) is 4. The van der Waals surface area contributed by atoms with E-state index < -0.39 is 5.82 Å². The fourth-order valence-corrected chi connectivity index (χ4v) is 2.97. The number of nitrogens with zero attached hydrogens (tertiary/aromatic N) is 1. The third-order valence-corrected chi connectivity index (χ3v) is 4.49. The number of furan rings is 1. The monoisotopic (exact) mass is 371 g/mol. The molecule has 0 aliphatic rings. The molecule has 1 atom stereocenters. The molecule has 0 saturated carbocycles. The first kappa shape index (κ1) is 18.8. The van der Waals surface area contributed by atoms with Gasteiger partial charge in [0, 0.05) is 18.5 Å². The molecule has 1 unspecified atom stereocenters. The third kappa shape index (κ3) is 4.62. The standard InChI is InChI=1S/C20H22FN3O3/c1-24(2)17(18-4-3-9-27-18)12-22-19(25)8-6-14-10-13-5-7-15(21)11-16(13)23-20(14)26/h3-5,7,9-11,17H,6,8,12H2,1-2H3,(H,22,25)(H,23,26). The van der Waals surface area contributed by atoms with Gasteiger partial charge in [-0.05, 0) is 62.3 Å². The van der Waals surface area contributed by atoms with Crippen LogP contribution in [0, 0.1) is 5.82 Å². The van der Waals surface area contributed by atoms with Crippen molar-refractivity contribution in [1.29, 1.82) is 0 Å². The van der Waals surface area contributed by atoms with Crippen molar-refractivity contribution in [3.05, 3.63) is 70.2 Å². The zero-order valence-corrected chi connectivity index (χ0v) is 15.3. The molecule has 27 heavy (non-hydrogen) atoms. The highest BCUT2D eigenvalue weighted by Gasteiger charge is 2.18. The Morgan fingerprint density at radius 2 is 2.11 bits per heavy atom. The van der Waals surface area contributed by atoms with Gasteiger partial charge in [-0.3, -0.25) is 14.5 Å². The maximum atomic E-state index is 13.2. The molecule has 0 bridgehead atoms. The van der Waals surface area contributed by atoms with Gasteiger partial charge in [0.1, 0.15) is 11.6 Å². The van der Waals surface area contributed by atoms with Gasteiger partial charge in [-0.2, -0.15) is 0 Å². The minimum absolute atomic E-state index is 0.0667. The molecule has 0 aliphatic heterocycles. The fraction of sp³-hybridized carbons (Fsp3) is 0.300. The molecule has 1 aromatic carbocycles. The average molecular weight is 371 g/mol. The predicted octanol–water partition coefficient (Wildman–Crippen LogP) is 2.61. The van der Waals surface area contributed by atoms with Crippen molar-refractivity contribution in [2.75, 3.05) is 20.6 Å². The van der Waals surface area contributed by atoms with E-state index in [9.17, 15) is 14.0 Å². The Hall–Kier alpha value is -2.93. The molecule has 3 rings (SSSR count). The van der Waals surface area contributed by atoms with Crippen LogP contribution in [0.15, 0.2) is 51.9 Å². The Kier molecular flexibility index (Phi) is 5.71. The zero-order chi connectivity index (χ0) is 19.4. The average Bonchev–Trinajstić information content (AvgIpc) is 3.14. The highest BCUT2D eigenvalue weighted by molar-refractivity contribution is 5.79. The molecule has 3 aromatic rings. The molecular weight excluding hydrogens is 349 g/mol. The Balaban J connectivity index is 1.60. The van der Waals surface area contributed by atoms with E-state index in [0.717, 1.165) is 11.1 Å². The van der Waals surface area contributed by atoms with Crippen LogP contribution in [0.3, 0.4) is 0 Å². The summed E-state index contributed by atoms with van der Waals surface area (Å²) < 4.78 is 18.7. The molecule has 7 heteroatoms. The van der Waals surface area contributed by atoms with Crippen molar-refractivity contribution in [3.63, 3.8) is 0 Å². The van der Waals surface area contributed by atoms with E-state index >= 15 is 0 Å². The topological polar surface area (TPSA) is 78.3 Å². The van der Waals surface area contributed by atoms with E-state index in [1.54, 1.807) is 18.4 Å². The first-order chi connectivity index (χ1) is 12.9. The molecule has 0 aliphatic carbocycles. The number of halogens is 1. The smallest absolute Gasteiger partial charge is 0.251 e. The molecule has 1 amide bonds. The third-order valence-electron chi connectivity index (χ3n) is 4.49. The van der Waals surface area contributed by atoms with Crippen molar-refractivity contribution < 1.29 is 13.6 Å². The molecule has 2 heterocycles. The molecule has 6 nitrogen and oxygen atoms in total. The van der Waals surface area contributed by atoms with Crippen LogP contribution in [-0.2, 0) is 11.2 Å². The second-order valence-electron chi connectivity index (χ2n) is 6.65. The SMILES string of the molecule is CN(C)C(CNC(=O)CCc1cc2ccc(F)cc2[nH]c1=O)c1ccco1. The number of fused-ring (bicyclic) bond motifs is 1. The summed E-state index contributed by atoms with van der Waals surface area (Å²) in [5.74, 6) is 0.225. The lowest BCUT2D eigenvalue weighted by atomic mass is 10.1. The lowest BCUT2D eigenvalue weighted by Gasteiger charge is -2.22. The van der Waals surface area contributed by atoms with Gasteiger partial charge in [-0.15, -0.1) is 0 Å². The minimum Gasteiger partial charge on any atom is -0.468 e. The summed E-state index contributed by atoms with van der Waals surface area (Å²) in [4.78, 5) is 29.0. The Bertz CT molecular complexity index is 980. The number of benzene rings is 1. The lowest BCUT2D eigenvalue weighted by molar-refractivity contribution is -0.121. The summed E-state index contributed by atoms with van der Waals surface area (Å²) >= 11 is 0. The molecule has 2 aromatic heterocycles. The fourth-order valence-electron chi connectivity index (χ4n) is 2.97. The van der Waals surface area contributed by atoms with Crippen LogP contribution in [0.25, 0.3) is 10.9 Å². The first-order valence-corrected chi connectivity index (χ1v) is 8.72. The number of rotatable bonds is 7. The highest BCUT2D eigenvalue weighted by atomic mass is 19.1. The summed E-state index contributed by atoms with van der Waals surface area (Å²) in [6.45, 7) is 0.409. The number of pyridine rings is 1. The van der Waals surface area contributed by atoms with Crippen molar-refractivity contribution in [1.82, 2.24) is 15.2 Å². The highest BCUT2D eigenvalue weighted by Crippen LogP contribution is 2.17. The molecule has 0 spiro atoms. The normalized spacial score (nSPS) is 12.4. The van der Waals surface area contributed by atoms with Crippen LogP contribution >= 0.6 is 0 Å². The number of amides is 1. The quantitative estimate of drug-likeness (QED) is 0.669. The molecule has 0 fully saturated rings. The maximum Gasteiger partial charge on any atom is 0.251 e. The van der Waals surface area contributed by atoms with Gasteiger partial charge in [0.15, 0.2) is 0 Å². The van der Waals surface area contributed by atoms with Crippen LogP contribution in [0.1, 0.15) is 23.8 Å². The number of aromatic amines is 1. The molecule has 0 radical (unpaired) electrons. The van der Waals surface area contributed by atoms with Crippen LogP contribution in [0.5, 0.6) is 0 Å². The van der Waals surface area contributed by atoms with E-state index in [-0.39, 0.29) is 23.9 Å². The number of hydrogen-bond donors (Lipinski definition) is 2.